The van der Waals surface area contributed by atoms with Gasteiger partial charge in [-0.15, -0.1) is 11.3 Å². The maximum Gasteiger partial charge on any atom is 0.150 e. The number of rotatable bonds is 7. The minimum absolute atomic E-state index is 0.0355. The molecule has 10 heteroatoms. The fourth-order valence-corrected chi connectivity index (χ4v) is 8.82. The van der Waals surface area contributed by atoms with Gasteiger partial charge in [0.25, 0.3) is 0 Å². The van der Waals surface area contributed by atoms with Gasteiger partial charge in [-0.1, -0.05) is 41.3 Å². The number of ether oxygens (including phenoxy) is 1. The standard InChI is InChI=1S/C30H30Cl2FN3O3S/c1-14-7-17-10-18(11-20(14)30(17,37)29-35-27-23(33)8-15(12-34)9-24(27)40-29)38-13-19-26(36-39-28(19)16-5-6-16)25-21(31)3-2-4-22(25)32/h2-4,8-9,14,16-18,20,37H,5-7,10-13,34H2,1H3/t14-,17+,18+,20?,30-/m0/s1. The second-order valence-corrected chi connectivity index (χ2v) is 13.5. The number of thiazole rings is 1. The lowest BCUT2D eigenvalue weighted by atomic mass is 9.72. The van der Waals surface area contributed by atoms with E-state index in [1.54, 1.807) is 12.1 Å². The molecule has 3 saturated carbocycles. The van der Waals surface area contributed by atoms with Crippen molar-refractivity contribution >= 4 is 44.8 Å². The van der Waals surface area contributed by atoms with E-state index in [4.69, 9.17) is 38.2 Å². The van der Waals surface area contributed by atoms with E-state index in [1.807, 2.05) is 12.1 Å². The van der Waals surface area contributed by atoms with Gasteiger partial charge in [-0.3, -0.25) is 0 Å². The summed E-state index contributed by atoms with van der Waals surface area (Å²) in [5.41, 5.74) is 7.87. The van der Waals surface area contributed by atoms with Crippen molar-refractivity contribution in [1.29, 1.82) is 0 Å². The van der Waals surface area contributed by atoms with Crippen molar-refractivity contribution < 1.29 is 18.8 Å². The van der Waals surface area contributed by atoms with Gasteiger partial charge in [-0.05, 0) is 79.7 Å². The Bertz CT molecular complexity index is 1580. The average molecular weight is 603 g/mol. The zero-order chi connectivity index (χ0) is 27.8. The molecule has 2 aromatic heterocycles. The fourth-order valence-electron chi connectivity index (χ4n) is 6.96. The molecule has 3 fully saturated rings. The van der Waals surface area contributed by atoms with Crippen LogP contribution in [0.4, 0.5) is 4.39 Å². The molecule has 2 aromatic carbocycles. The van der Waals surface area contributed by atoms with Gasteiger partial charge in [0.1, 0.15) is 27.6 Å². The van der Waals surface area contributed by atoms with Crippen LogP contribution in [0.3, 0.4) is 0 Å². The normalized spacial score (nSPS) is 28.1. The summed E-state index contributed by atoms with van der Waals surface area (Å²) in [5, 5.41) is 18.2. The quantitative estimate of drug-likeness (QED) is 0.227. The van der Waals surface area contributed by atoms with E-state index in [-0.39, 0.29) is 30.4 Å². The molecule has 2 bridgehead atoms. The van der Waals surface area contributed by atoms with E-state index in [9.17, 15) is 9.50 Å². The molecule has 40 heavy (non-hydrogen) atoms. The number of benzene rings is 2. The van der Waals surface area contributed by atoms with Gasteiger partial charge in [-0.25, -0.2) is 9.37 Å². The summed E-state index contributed by atoms with van der Waals surface area (Å²) in [4.78, 5) is 4.64. The molecule has 0 radical (unpaired) electrons. The van der Waals surface area contributed by atoms with Crippen molar-refractivity contribution in [3.8, 4) is 11.3 Å². The van der Waals surface area contributed by atoms with Crippen molar-refractivity contribution in [1.82, 2.24) is 10.1 Å². The van der Waals surface area contributed by atoms with Crippen LogP contribution in [0, 0.1) is 23.6 Å². The predicted octanol–water partition coefficient (Wildman–Crippen LogP) is 7.57. The highest BCUT2D eigenvalue weighted by Gasteiger charge is 2.59. The first-order valence-corrected chi connectivity index (χ1v) is 15.4. The van der Waals surface area contributed by atoms with Crippen LogP contribution in [-0.4, -0.2) is 21.4 Å². The minimum atomic E-state index is -1.11. The van der Waals surface area contributed by atoms with Crippen molar-refractivity contribution in [3.63, 3.8) is 0 Å². The van der Waals surface area contributed by atoms with Crippen molar-refractivity contribution in [2.75, 3.05) is 0 Å². The van der Waals surface area contributed by atoms with Gasteiger partial charge in [0.2, 0.25) is 0 Å². The summed E-state index contributed by atoms with van der Waals surface area (Å²) in [6.07, 6.45) is 4.32. The van der Waals surface area contributed by atoms with E-state index < -0.39 is 11.4 Å². The number of nitrogens with zero attached hydrogens (tertiary/aromatic N) is 2. The maximum atomic E-state index is 14.8. The summed E-state index contributed by atoms with van der Waals surface area (Å²) in [7, 11) is 0. The summed E-state index contributed by atoms with van der Waals surface area (Å²) in [6.45, 7) is 2.77. The Morgan fingerprint density at radius 2 is 1.98 bits per heavy atom. The first-order chi connectivity index (χ1) is 19.3. The average Bonchev–Trinajstić information content (AvgIpc) is 3.51. The molecule has 4 aromatic rings. The van der Waals surface area contributed by atoms with Crippen LogP contribution in [0.5, 0.6) is 0 Å². The molecule has 6 nitrogen and oxygen atoms in total. The molecule has 3 aliphatic carbocycles. The molecule has 2 heterocycles. The van der Waals surface area contributed by atoms with Crippen molar-refractivity contribution in [2.45, 2.75) is 69.8 Å². The Hall–Kier alpha value is -2.07. The molecular weight excluding hydrogens is 572 g/mol. The Morgan fingerprint density at radius 1 is 1.20 bits per heavy atom. The molecule has 210 valence electrons. The van der Waals surface area contributed by atoms with Crippen LogP contribution in [0.1, 0.15) is 66.8 Å². The molecule has 3 N–H and O–H groups in total. The third-order valence-corrected chi connectivity index (χ3v) is 10.9. The lowest BCUT2D eigenvalue weighted by molar-refractivity contribution is -0.120. The number of fused-ring (bicyclic) bond motifs is 3. The van der Waals surface area contributed by atoms with Gasteiger partial charge in [-0.2, -0.15) is 0 Å². The Balaban J connectivity index is 1.15. The molecule has 0 saturated heterocycles. The third-order valence-electron chi connectivity index (χ3n) is 9.11. The molecule has 0 aliphatic heterocycles. The highest BCUT2D eigenvalue weighted by Crippen LogP contribution is 2.59. The van der Waals surface area contributed by atoms with Crippen LogP contribution < -0.4 is 5.73 Å². The lowest BCUT2D eigenvalue weighted by Crippen LogP contribution is -2.45. The third kappa shape index (κ3) is 4.30. The summed E-state index contributed by atoms with van der Waals surface area (Å²) in [6, 6.07) is 8.71. The minimum Gasteiger partial charge on any atom is -0.382 e. The van der Waals surface area contributed by atoms with Crippen LogP contribution >= 0.6 is 34.5 Å². The second-order valence-electron chi connectivity index (χ2n) is 11.6. The summed E-state index contributed by atoms with van der Waals surface area (Å²) >= 11 is 14.4. The monoisotopic (exact) mass is 601 g/mol. The molecular formula is C30H30Cl2FN3O3S. The Labute approximate surface area is 245 Å². The van der Waals surface area contributed by atoms with Gasteiger partial charge in [0.05, 0.1) is 27.5 Å². The molecule has 3 aliphatic rings. The zero-order valence-electron chi connectivity index (χ0n) is 22.0. The fraction of sp³-hybridized carbons (Fsp3) is 0.467. The van der Waals surface area contributed by atoms with Crippen molar-refractivity contribution in [3.05, 3.63) is 68.1 Å². The first-order valence-electron chi connectivity index (χ1n) is 13.8. The van der Waals surface area contributed by atoms with E-state index in [2.05, 4.69) is 17.1 Å². The van der Waals surface area contributed by atoms with E-state index in [1.165, 1.54) is 17.4 Å². The van der Waals surface area contributed by atoms with E-state index in [0.717, 1.165) is 40.8 Å². The SMILES string of the molecule is C[C@H]1C[C@@H]2C[C@@H](OCc3c(-c4c(Cl)cccc4Cl)noc3C3CC3)CC1[C@]2(O)c1nc2c(F)cc(CN)cc2s1. The van der Waals surface area contributed by atoms with E-state index in [0.29, 0.717) is 57.2 Å². The molecule has 0 amide bonds. The van der Waals surface area contributed by atoms with Gasteiger partial charge in [0, 0.05) is 23.6 Å². The molecule has 0 spiro atoms. The number of aliphatic hydroxyl groups is 1. The van der Waals surface area contributed by atoms with Crippen LogP contribution in [0.2, 0.25) is 10.0 Å². The van der Waals surface area contributed by atoms with Crippen LogP contribution in [0.25, 0.3) is 21.5 Å². The molecule has 1 unspecified atom stereocenters. The Kier molecular flexibility index (Phi) is 6.72. The topological polar surface area (TPSA) is 94.4 Å². The maximum absolute atomic E-state index is 14.8. The number of hydrogen-bond donors (Lipinski definition) is 2. The number of halogens is 3. The van der Waals surface area contributed by atoms with E-state index >= 15 is 0 Å². The number of hydrogen-bond acceptors (Lipinski definition) is 7. The first kappa shape index (κ1) is 26.8. The highest BCUT2D eigenvalue weighted by molar-refractivity contribution is 7.18. The van der Waals surface area contributed by atoms with Crippen LogP contribution in [-0.2, 0) is 23.5 Å². The molecule has 7 rings (SSSR count). The summed E-state index contributed by atoms with van der Waals surface area (Å²) in [5.74, 6) is 1.01. The Morgan fingerprint density at radius 3 is 2.67 bits per heavy atom. The van der Waals surface area contributed by atoms with Gasteiger partial charge < -0.3 is 20.1 Å². The van der Waals surface area contributed by atoms with Gasteiger partial charge in [0.15, 0.2) is 5.82 Å². The predicted molar refractivity (Wildman–Crippen MR) is 154 cm³/mol. The summed E-state index contributed by atoms with van der Waals surface area (Å²) < 4.78 is 27.9. The number of aromatic nitrogens is 2. The van der Waals surface area contributed by atoms with Crippen LogP contribution in [0.15, 0.2) is 34.9 Å². The van der Waals surface area contributed by atoms with Gasteiger partial charge >= 0.3 is 0 Å². The molecule has 5 atom stereocenters. The van der Waals surface area contributed by atoms with Crippen molar-refractivity contribution in [2.24, 2.45) is 23.5 Å². The highest BCUT2D eigenvalue weighted by atomic mass is 35.5. The number of nitrogens with two attached hydrogens (primary N) is 1. The zero-order valence-corrected chi connectivity index (χ0v) is 24.3. The smallest absolute Gasteiger partial charge is 0.150 e. The largest absolute Gasteiger partial charge is 0.382 e. The second kappa shape index (κ2) is 10.0. The lowest BCUT2D eigenvalue weighted by Gasteiger charge is -2.41.